The molecule has 1 aromatic heterocycles. The maximum Gasteiger partial charge on any atom is 0.243 e. The lowest BCUT2D eigenvalue weighted by Gasteiger charge is -2.37. The van der Waals surface area contributed by atoms with Gasteiger partial charge in [0.2, 0.25) is 15.9 Å². The monoisotopic (exact) mass is 373 g/mol. The van der Waals surface area contributed by atoms with E-state index in [0.29, 0.717) is 30.3 Å². The molecule has 0 spiro atoms. The van der Waals surface area contributed by atoms with Crippen molar-refractivity contribution in [1.29, 1.82) is 5.26 Å². The molecule has 0 N–H and O–H groups in total. The van der Waals surface area contributed by atoms with Crippen LogP contribution in [0.3, 0.4) is 0 Å². The molecule has 1 fully saturated rings. The topological polar surface area (TPSA) is 102 Å². The number of sulfonamides is 1. The minimum Gasteiger partial charge on any atom is -0.486 e. The summed E-state index contributed by atoms with van der Waals surface area (Å²) in [6.07, 6.45) is 1.18. The molecule has 9 heteroatoms. The Labute approximate surface area is 150 Å². The molecule has 0 aliphatic carbocycles. The quantitative estimate of drug-likeness (QED) is 0.793. The molecule has 2 aliphatic heterocycles. The zero-order valence-electron chi connectivity index (χ0n) is 13.7. The Hall–Kier alpha value is -2.83. The van der Waals surface area contributed by atoms with Gasteiger partial charge >= 0.3 is 0 Å². The van der Waals surface area contributed by atoms with Crippen LogP contribution in [0.2, 0.25) is 0 Å². The molecule has 0 amide bonds. The first kappa shape index (κ1) is 16.6. The minimum absolute atomic E-state index is 0.149. The number of fused-ring (bicyclic) bond motifs is 1. The third kappa shape index (κ3) is 2.94. The molecule has 2 aromatic rings. The predicted molar refractivity (Wildman–Crippen MR) is 89.6 cm³/mol. The van der Waals surface area contributed by atoms with Crippen LogP contribution < -0.4 is 14.2 Å². The van der Waals surface area contributed by atoms with E-state index in [1.54, 1.807) is 18.2 Å². The Morgan fingerprint density at radius 3 is 2.73 bits per heavy atom. The van der Waals surface area contributed by atoms with Gasteiger partial charge < -0.3 is 14.2 Å². The summed E-state index contributed by atoms with van der Waals surface area (Å²) in [7, 11) is -3.64. The average molecular weight is 373 g/mol. The molecule has 0 bridgehead atoms. The molecule has 4 rings (SSSR count). The van der Waals surface area contributed by atoms with Gasteiger partial charge in [-0.2, -0.15) is 9.57 Å². The first-order valence-electron chi connectivity index (χ1n) is 7.99. The average Bonchev–Trinajstić information content (AvgIpc) is 2.64. The summed E-state index contributed by atoms with van der Waals surface area (Å²) in [6.45, 7) is 1.22. The minimum atomic E-state index is -3.64. The molecule has 0 radical (unpaired) electrons. The van der Waals surface area contributed by atoms with Crippen molar-refractivity contribution in [3.63, 3.8) is 0 Å². The highest BCUT2D eigenvalue weighted by Gasteiger charge is 2.39. The summed E-state index contributed by atoms with van der Waals surface area (Å²) >= 11 is 0. The van der Waals surface area contributed by atoms with Crippen LogP contribution in [0.4, 0.5) is 0 Å². The molecule has 1 saturated heterocycles. The van der Waals surface area contributed by atoms with Gasteiger partial charge in [-0.3, -0.25) is 0 Å². The number of benzene rings is 1. The van der Waals surface area contributed by atoms with Crippen LogP contribution in [0.5, 0.6) is 17.4 Å². The molecule has 26 heavy (non-hydrogen) atoms. The van der Waals surface area contributed by atoms with Crippen molar-refractivity contribution in [1.82, 2.24) is 9.29 Å². The maximum atomic E-state index is 12.7. The van der Waals surface area contributed by atoms with Gasteiger partial charge in [-0.15, -0.1) is 0 Å². The second kappa shape index (κ2) is 6.48. The smallest absolute Gasteiger partial charge is 0.243 e. The molecule has 2 aliphatic rings. The number of nitrogens with zero attached hydrogens (tertiary/aromatic N) is 3. The van der Waals surface area contributed by atoms with Crippen LogP contribution in [0.1, 0.15) is 5.56 Å². The van der Waals surface area contributed by atoms with Crippen LogP contribution >= 0.6 is 0 Å². The zero-order valence-corrected chi connectivity index (χ0v) is 14.5. The maximum absolute atomic E-state index is 12.7. The fourth-order valence-corrected chi connectivity index (χ4v) is 4.25. The number of aromatic nitrogens is 1. The number of rotatable bonds is 4. The Bertz CT molecular complexity index is 980. The lowest BCUT2D eigenvalue weighted by Crippen LogP contribution is -2.56. The lowest BCUT2D eigenvalue weighted by atomic mass is 10.2. The number of pyridine rings is 1. The van der Waals surface area contributed by atoms with Crippen molar-refractivity contribution < 1.29 is 22.6 Å². The van der Waals surface area contributed by atoms with E-state index in [2.05, 4.69) is 4.98 Å². The second-order valence-corrected chi connectivity index (χ2v) is 7.77. The summed E-state index contributed by atoms with van der Waals surface area (Å²) in [4.78, 5) is 4.17. The third-order valence-electron chi connectivity index (χ3n) is 4.14. The van der Waals surface area contributed by atoms with Gasteiger partial charge in [0.1, 0.15) is 31.0 Å². The highest BCUT2D eigenvalue weighted by molar-refractivity contribution is 7.89. The normalized spacial score (nSPS) is 17.2. The third-order valence-corrected chi connectivity index (χ3v) is 5.96. The van der Waals surface area contributed by atoms with Gasteiger partial charge in [-0.25, -0.2) is 13.4 Å². The Kier molecular flexibility index (Phi) is 4.14. The second-order valence-electron chi connectivity index (χ2n) is 5.84. The fourth-order valence-electron chi connectivity index (χ4n) is 2.73. The molecule has 134 valence electrons. The molecular weight excluding hydrogens is 358 g/mol. The number of hydrogen-bond donors (Lipinski definition) is 0. The SMILES string of the molecule is N#Cc1cccnc1OC1CN(S(=O)(=O)c2ccc3c(c2)OCCO3)C1. The van der Waals surface area contributed by atoms with E-state index in [1.807, 2.05) is 6.07 Å². The van der Waals surface area contributed by atoms with E-state index in [0.717, 1.165) is 0 Å². The van der Waals surface area contributed by atoms with Crippen LogP contribution in [-0.2, 0) is 10.0 Å². The highest BCUT2D eigenvalue weighted by Crippen LogP contribution is 2.34. The van der Waals surface area contributed by atoms with Gasteiger partial charge in [0.15, 0.2) is 11.5 Å². The van der Waals surface area contributed by atoms with E-state index in [-0.39, 0.29) is 30.0 Å². The molecule has 3 heterocycles. The lowest BCUT2D eigenvalue weighted by molar-refractivity contribution is 0.0718. The van der Waals surface area contributed by atoms with Crippen molar-refractivity contribution in [3.8, 4) is 23.4 Å². The molecule has 0 atom stereocenters. The molecule has 8 nitrogen and oxygen atoms in total. The van der Waals surface area contributed by atoms with Gasteiger partial charge in [-0.05, 0) is 24.3 Å². The fraction of sp³-hybridized carbons (Fsp3) is 0.294. The van der Waals surface area contributed by atoms with Crippen molar-refractivity contribution in [2.24, 2.45) is 0 Å². The van der Waals surface area contributed by atoms with Crippen LogP contribution in [0, 0.1) is 11.3 Å². The van der Waals surface area contributed by atoms with Crippen molar-refractivity contribution in [2.45, 2.75) is 11.0 Å². The Balaban J connectivity index is 1.45. The number of hydrogen-bond acceptors (Lipinski definition) is 7. The number of ether oxygens (including phenoxy) is 3. The summed E-state index contributed by atoms with van der Waals surface area (Å²) in [5.41, 5.74) is 0.320. The van der Waals surface area contributed by atoms with Gasteiger partial charge in [0.25, 0.3) is 0 Å². The highest BCUT2D eigenvalue weighted by atomic mass is 32.2. The molecule has 0 saturated carbocycles. The predicted octanol–water partition coefficient (Wildman–Crippen LogP) is 1.18. The van der Waals surface area contributed by atoms with E-state index >= 15 is 0 Å². The van der Waals surface area contributed by atoms with Gasteiger partial charge in [-0.1, -0.05) is 0 Å². The molecular formula is C17H15N3O5S. The van der Waals surface area contributed by atoms with E-state index in [4.69, 9.17) is 19.5 Å². The first-order valence-corrected chi connectivity index (χ1v) is 9.43. The summed E-state index contributed by atoms with van der Waals surface area (Å²) in [5.74, 6) is 1.19. The van der Waals surface area contributed by atoms with Gasteiger partial charge in [0.05, 0.1) is 18.0 Å². The van der Waals surface area contributed by atoms with E-state index in [9.17, 15) is 8.42 Å². The summed E-state index contributed by atoms with van der Waals surface area (Å²) in [5, 5.41) is 9.05. The van der Waals surface area contributed by atoms with Crippen molar-refractivity contribution in [3.05, 3.63) is 42.1 Å². The van der Waals surface area contributed by atoms with Crippen LogP contribution in [-0.4, -0.2) is 50.1 Å². The van der Waals surface area contributed by atoms with Crippen LogP contribution in [0.15, 0.2) is 41.4 Å². The summed E-state index contributed by atoms with van der Waals surface area (Å²) in [6, 6.07) is 9.83. The van der Waals surface area contributed by atoms with E-state index < -0.39 is 10.0 Å². The first-order chi connectivity index (χ1) is 12.6. The largest absolute Gasteiger partial charge is 0.486 e. The molecule has 1 aromatic carbocycles. The van der Waals surface area contributed by atoms with Gasteiger partial charge in [0, 0.05) is 12.3 Å². The van der Waals surface area contributed by atoms with Crippen molar-refractivity contribution >= 4 is 10.0 Å². The zero-order chi connectivity index (χ0) is 18.1. The van der Waals surface area contributed by atoms with E-state index in [1.165, 1.54) is 22.6 Å². The number of nitriles is 1. The Morgan fingerprint density at radius 1 is 1.19 bits per heavy atom. The molecule has 0 unspecified atom stereocenters. The Morgan fingerprint density at radius 2 is 1.96 bits per heavy atom. The van der Waals surface area contributed by atoms with Crippen molar-refractivity contribution in [2.75, 3.05) is 26.3 Å². The van der Waals surface area contributed by atoms with Crippen LogP contribution in [0.25, 0.3) is 0 Å². The summed E-state index contributed by atoms with van der Waals surface area (Å²) < 4.78 is 43.3. The standard InChI is InChI=1S/C17H15N3O5S/c18-9-12-2-1-5-19-17(12)25-13-10-20(11-13)26(21,22)14-3-4-15-16(8-14)24-7-6-23-15/h1-5,8,13H,6-7,10-11H2.